The molecule has 1 saturated heterocycles. The van der Waals surface area contributed by atoms with Crippen molar-refractivity contribution in [1.82, 2.24) is 30.0 Å². The van der Waals surface area contributed by atoms with Crippen LogP contribution in [0.1, 0.15) is 54.1 Å². The van der Waals surface area contributed by atoms with E-state index in [4.69, 9.17) is 14.6 Å². The van der Waals surface area contributed by atoms with Gasteiger partial charge in [-0.15, -0.1) is 11.3 Å². The molecule has 2 aliphatic heterocycles. The molecule has 11 nitrogen and oxygen atoms in total. The molecule has 39 heavy (non-hydrogen) atoms. The molecule has 5 rings (SSSR count). The first-order valence-electron chi connectivity index (χ1n) is 13.6. The largest absolute Gasteiger partial charge is 0.465 e. The van der Waals surface area contributed by atoms with Gasteiger partial charge in [-0.2, -0.15) is 5.10 Å². The number of carbonyl (C=O) groups excluding carboxylic acids is 2. The van der Waals surface area contributed by atoms with E-state index in [9.17, 15) is 9.59 Å². The Hall–Kier alpha value is -3.19. The smallest absolute Gasteiger partial charge is 0.320 e. The number of nitrogens with one attached hydrogen (secondary N) is 2. The van der Waals surface area contributed by atoms with Crippen LogP contribution in [0.25, 0.3) is 10.6 Å². The third-order valence-electron chi connectivity index (χ3n) is 6.88. The van der Waals surface area contributed by atoms with Crippen molar-refractivity contribution in [3.63, 3.8) is 0 Å². The molecule has 0 aromatic carbocycles. The maximum atomic E-state index is 13.2. The number of esters is 1. The fraction of sp³-hybridized carbons (Fsp3) is 0.519. The van der Waals surface area contributed by atoms with Gasteiger partial charge in [-0.25, -0.2) is 4.98 Å². The molecule has 0 radical (unpaired) electrons. The van der Waals surface area contributed by atoms with Gasteiger partial charge in [0.25, 0.3) is 5.91 Å². The third kappa shape index (κ3) is 7.27. The van der Waals surface area contributed by atoms with Crippen LogP contribution < -0.4 is 10.6 Å². The number of anilines is 1. The molecule has 0 unspecified atom stereocenters. The number of aryl methyl sites for hydroxylation is 1. The lowest BCUT2D eigenvalue weighted by atomic mass is 10.1. The van der Waals surface area contributed by atoms with Gasteiger partial charge >= 0.3 is 5.97 Å². The third-order valence-corrected chi connectivity index (χ3v) is 7.78. The van der Waals surface area contributed by atoms with Gasteiger partial charge in [0.15, 0.2) is 0 Å². The number of pyridine rings is 1. The molecule has 0 spiro atoms. The highest BCUT2D eigenvalue weighted by Crippen LogP contribution is 2.27. The minimum Gasteiger partial charge on any atom is -0.465 e. The average molecular weight is 554 g/mol. The molecule has 4 bridgehead atoms. The molecule has 1 fully saturated rings. The van der Waals surface area contributed by atoms with Gasteiger partial charge in [0.1, 0.15) is 10.7 Å². The zero-order valence-electron chi connectivity index (χ0n) is 22.2. The van der Waals surface area contributed by atoms with Crippen LogP contribution in [0, 0.1) is 0 Å². The highest BCUT2D eigenvalue weighted by molar-refractivity contribution is 7.13. The number of hydrogen-bond acceptors (Lipinski definition) is 10. The maximum Gasteiger partial charge on any atom is 0.320 e. The lowest BCUT2D eigenvalue weighted by Crippen LogP contribution is -2.37. The van der Waals surface area contributed by atoms with Crippen LogP contribution in [-0.2, 0) is 27.2 Å². The number of fused-ring (bicyclic) bond motifs is 6. The second-order valence-corrected chi connectivity index (χ2v) is 10.6. The number of ether oxygens (including phenoxy) is 2. The molecule has 0 aliphatic carbocycles. The summed E-state index contributed by atoms with van der Waals surface area (Å²) in [5, 5.41) is 13.9. The van der Waals surface area contributed by atoms with Crippen LogP contribution >= 0.6 is 11.3 Å². The van der Waals surface area contributed by atoms with E-state index in [2.05, 4.69) is 25.5 Å². The van der Waals surface area contributed by atoms with Gasteiger partial charge in [-0.1, -0.05) is 0 Å². The fourth-order valence-corrected chi connectivity index (χ4v) is 5.63. The molecule has 3 aromatic rings. The Labute approximate surface area is 231 Å². The lowest BCUT2D eigenvalue weighted by Gasteiger charge is -2.22. The molecular weight excluding hydrogens is 518 g/mol. The molecule has 5 heterocycles. The molecule has 2 N–H and O–H groups in total. The normalized spacial score (nSPS) is 18.0. The molecule has 0 saturated carbocycles. The zero-order chi connectivity index (χ0) is 27.0. The number of aromatic nitrogens is 4. The topological polar surface area (TPSA) is 124 Å². The summed E-state index contributed by atoms with van der Waals surface area (Å²) in [7, 11) is 0. The number of nitrogens with zero attached hydrogens (tertiary/aromatic N) is 5. The van der Waals surface area contributed by atoms with Crippen molar-refractivity contribution in [2.75, 3.05) is 51.3 Å². The van der Waals surface area contributed by atoms with Gasteiger partial charge in [0, 0.05) is 61.9 Å². The SMILES string of the molecule is CCOC(=O)CN1CCCc2cc(ccn2)-c2nc(cs2)C(=O)Nc2cn(C3CCOCC3)nc2CNCC1. The summed E-state index contributed by atoms with van der Waals surface area (Å²) in [5.74, 6) is -0.485. The zero-order valence-corrected chi connectivity index (χ0v) is 23.0. The number of hydrogen-bond donors (Lipinski definition) is 2. The summed E-state index contributed by atoms with van der Waals surface area (Å²) in [6, 6.07) is 4.17. The summed E-state index contributed by atoms with van der Waals surface area (Å²) in [5.41, 5.74) is 3.70. The van der Waals surface area contributed by atoms with E-state index in [1.165, 1.54) is 11.3 Å². The monoisotopic (exact) mass is 553 g/mol. The Bertz CT molecular complexity index is 1270. The fourth-order valence-electron chi connectivity index (χ4n) is 4.83. The molecule has 12 heteroatoms. The van der Waals surface area contributed by atoms with Gasteiger partial charge in [0.05, 0.1) is 30.6 Å². The summed E-state index contributed by atoms with van der Waals surface area (Å²) in [6.07, 6.45) is 7.08. The first-order valence-corrected chi connectivity index (χ1v) is 14.4. The van der Waals surface area contributed by atoms with Crippen LogP contribution in [0.4, 0.5) is 5.69 Å². The number of rotatable bonds is 4. The minimum absolute atomic E-state index is 0.223. The van der Waals surface area contributed by atoms with Crippen molar-refractivity contribution in [2.45, 2.75) is 45.2 Å². The first-order chi connectivity index (χ1) is 19.1. The van der Waals surface area contributed by atoms with Crippen molar-refractivity contribution in [1.29, 1.82) is 0 Å². The van der Waals surface area contributed by atoms with E-state index in [1.807, 2.05) is 29.9 Å². The average Bonchev–Trinajstić information content (AvgIpc) is 3.59. The van der Waals surface area contributed by atoms with E-state index in [-0.39, 0.29) is 24.5 Å². The van der Waals surface area contributed by atoms with Gasteiger partial charge < -0.3 is 20.1 Å². The Morgan fingerprint density at radius 2 is 2.15 bits per heavy atom. The van der Waals surface area contributed by atoms with Crippen LogP contribution in [0.5, 0.6) is 0 Å². The van der Waals surface area contributed by atoms with Gasteiger partial charge in [0.2, 0.25) is 0 Å². The minimum atomic E-state index is -0.263. The van der Waals surface area contributed by atoms with Crippen molar-refractivity contribution in [3.05, 3.63) is 47.0 Å². The Kier molecular flexibility index (Phi) is 9.30. The van der Waals surface area contributed by atoms with Crippen LogP contribution in [0.2, 0.25) is 0 Å². The molecule has 208 valence electrons. The summed E-state index contributed by atoms with van der Waals surface area (Å²) < 4.78 is 12.7. The predicted octanol–water partition coefficient (Wildman–Crippen LogP) is 2.91. The van der Waals surface area contributed by atoms with E-state index < -0.39 is 0 Å². The number of carbonyl (C=O) groups is 2. The molecule has 2 aliphatic rings. The second-order valence-electron chi connectivity index (χ2n) is 9.70. The summed E-state index contributed by atoms with van der Waals surface area (Å²) in [4.78, 5) is 36.7. The first kappa shape index (κ1) is 27.4. The summed E-state index contributed by atoms with van der Waals surface area (Å²) >= 11 is 1.44. The standard InChI is InChI=1S/C27H35N7O4S/c1-2-38-25(35)17-33-10-3-4-20-14-19(5-8-29-20)27-31-24(18-39-27)26(36)30-23-16-34(21-6-12-37-13-7-21)32-22(23)15-28-9-11-33/h5,8,14,16,18,21,28H,2-4,6-7,9-13,15,17H2,1H3,(H,30,36). The van der Waals surface area contributed by atoms with Gasteiger partial charge in [-0.05, 0) is 51.3 Å². The summed E-state index contributed by atoms with van der Waals surface area (Å²) in [6.45, 7) is 6.38. The maximum absolute atomic E-state index is 13.2. The van der Waals surface area contributed by atoms with Crippen molar-refractivity contribution in [2.24, 2.45) is 0 Å². The lowest BCUT2D eigenvalue weighted by molar-refractivity contribution is -0.144. The van der Waals surface area contributed by atoms with E-state index in [0.717, 1.165) is 54.2 Å². The Morgan fingerprint density at radius 1 is 1.28 bits per heavy atom. The molecule has 1 amide bonds. The second kappa shape index (κ2) is 13.2. The molecule has 3 aromatic heterocycles. The molecular formula is C27H35N7O4S. The highest BCUT2D eigenvalue weighted by Gasteiger charge is 2.22. The highest BCUT2D eigenvalue weighted by atomic mass is 32.1. The number of amides is 1. The van der Waals surface area contributed by atoms with Crippen LogP contribution in [0.15, 0.2) is 29.9 Å². The Morgan fingerprint density at radius 3 is 3.00 bits per heavy atom. The van der Waals surface area contributed by atoms with Crippen molar-refractivity contribution < 1.29 is 19.1 Å². The van der Waals surface area contributed by atoms with Crippen molar-refractivity contribution >= 4 is 28.9 Å². The molecule has 0 atom stereocenters. The Balaban J connectivity index is 1.40. The number of thiazole rings is 1. The van der Waals surface area contributed by atoms with Crippen molar-refractivity contribution in [3.8, 4) is 10.6 Å². The van der Waals surface area contributed by atoms with Gasteiger partial charge in [-0.3, -0.25) is 24.2 Å². The van der Waals surface area contributed by atoms with E-state index >= 15 is 0 Å². The van der Waals surface area contributed by atoms with Crippen LogP contribution in [-0.4, -0.2) is 82.5 Å². The van der Waals surface area contributed by atoms with E-state index in [0.29, 0.717) is 50.8 Å². The van der Waals surface area contributed by atoms with E-state index in [1.54, 1.807) is 11.6 Å². The van der Waals surface area contributed by atoms with Crippen LogP contribution in [0.3, 0.4) is 0 Å². The predicted molar refractivity (Wildman–Crippen MR) is 148 cm³/mol. The quantitative estimate of drug-likeness (QED) is 0.470.